The molecule has 4 N–H and O–H groups in total. The highest BCUT2D eigenvalue weighted by molar-refractivity contribution is 9.10. The molecule has 1 rings (SSSR count). The minimum absolute atomic E-state index is 0.0103. The third-order valence-corrected chi connectivity index (χ3v) is 2.58. The van der Waals surface area contributed by atoms with Crippen molar-refractivity contribution in [2.45, 2.75) is 5.92 Å². The Morgan fingerprint density at radius 3 is 2.64 bits per heavy atom. The van der Waals surface area contributed by atoms with Crippen molar-refractivity contribution in [2.75, 3.05) is 6.54 Å². The van der Waals surface area contributed by atoms with Crippen molar-refractivity contribution in [1.82, 2.24) is 0 Å². The van der Waals surface area contributed by atoms with Crippen LogP contribution in [-0.2, 0) is 4.79 Å². The largest absolute Gasteiger partial charge is 0.507 e. The highest BCUT2D eigenvalue weighted by Gasteiger charge is 2.18. The minimum atomic E-state index is -0.991. The van der Waals surface area contributed by atoms with E-state index in [1.165, 1.54) is 6.07 Å². The van der Waals surface area contributed by atoms with Crippen LogP contribution in [0.15, 0.2) is 22.7 Å². The molecule has 0 radical (unpaired) electrons. The number of carboxylic acids is 1. The highest BCUT2D eigenvalue weighted by atomic mass is 79.9. The molecule has 14 heavy (non-hydrogen) atoms. The summed E-state index contributed by atoms with van der Waals surface area (Å²) in [5.74, 6) is -1.74. The van der Waals surface area contributed by atoms with Gasteiger partial charge in [-0.25, -0.2) is 0 Å². The van der Waals surface area contributed by atoms with Crippen LogP contribution < -0.4 is 5.73 Å². The van der Waals surface area contributed by atoms with Crippen molar-refractivity contribution in [2.24, 2.45) is 5.73 Å². The van der Waals surface area contributed by atoms with E-state index in [1.807, 2.05) is 0 Å². The second-order valence-electron chi connectivity index (χ2n) is 2.84. The lowest BCUT2D eigenvalue weighted by Crippen LogP contribution is -2.20. The van der Waals surface area contributed by atoms with Crippen molar-refractivity contribution in [1.29, 1.82) is 0 Å². The second-order valence-corrected chi connectivity index (χ2v) is 3.69. The molecular weight excluding hydrogens is 250 g/mol. The van der Waals surface area contributed by atoms with Crippen LogP contribution in [0.4, 0.5) is 0 Å². The zero-order chi connectivity index (χ0) is 10.7. The van der Waals surface area contributed by atoms with Crippen LogP contribution in [0.1, 0.15) is 11.5 Å². The zero-order valence-corrected chi connectivity index (χ0v) is 8.86. The number of aromatic hydroxyl groups is 1. The molecule has 5 heteroatoms. The van der Waals surface area contributed by atoms with Gasteiger partial charge < -0.3 is 15.9 Å². The topological polar surface area (TPSA) is 83.6 Å². The summed E-state index contributed by atoms with van der Waals surface area (Å²) in [6.07, 6.45) is 0. The van der Waals surface area contributed by atoms with E-state index in [-0.39, 0.29) is 12.3 Å². The molecule has 0 fully saturated rings. The highest BCUT2D eigenvalue weighted by Crippen LogP contribution is 2.27. The van der Waals surface area contributed by atoms with Crippen LogP contribution in [0.2, 0.25) is 0 Å². The normalized spacial score (nSPS) is 12.4. The molecule has 0 aliphatic heterocycles. The molecule has 1 unspecified atom stereocenters. The first kappa shape index (κ1) is 11.0. The molecule has 4 nitrogen and oxygen atoms in total. The lowest BCUT2D eigenvalue weighted by Gasteiger charge is -2.10. The molecule has 0 spiro atoms. The SMILES string of the molecule is NCC(C(=O)O)c1ccc(Br)c(O)c1. The quantitative estimate of drug-likeness (QED) is 0.764. The van der Waals surface area contributed by atoms with Crippen LogP contribution in [0, 0.1) is 0 Å². The number of aliphatic carboxylic acids is 1. The predicted octanol–water partition coefficient (Wildman–Crippen LogP) is 1.28. The standard InChI is InChI=1S/C9H10BrNO3/c10-7-2-1-5(3-8(7)12)6(4-11)9(13)14/h1-3,6,12H,4,11H2,(H,13,14). The zero-order valence-electron chi connectivity index (χ0n) is 7.27. The number of nitrogens with two attached hydrogens (primary N) is 1. The Bertz CT molecular complexity index is 354. The van der Waals surface area contributed by atoms with E-state index in [0.29, 0.717) is 10.0 Å². The third-order valence-electron chi connectivity index (χ3n) is 1.91. The van der Waals surface area contributed by atoms with Gasteiger partial charge in [0.25, 0.3) is 0 Å². The van der Waals surface area contributed by atoms with E-state index in [0.717, 1.165) is 0 Å². The van der Waals surface area contributed by atoms with Crippen LogP contribution in [0.3, 0.4) is 0 Å². The average Bonchev–Trinajstić information content (AvgIpc) is 2.11. The molecule has 0 saturated heterocycles. The summed E-state index contributed by atoms with van der Waals surface area (Å²) in [7, 11) is 0. The summed E-state index contributed by atoms with van der Waals surface area (Å²) in [5, 5.41) is 18.2. The van der Waals surface area contributed by atoms with Gasteiger partial charge >= 0.3 is 5.97 Å². The van der Waals surface area contributed by atoms with Gasteiger partial charge in [-0.05, 0) is 33.6 Å². The van der Waals surface area contributed by atoms with Crippen molar-refractivity contribution in [3.05, 3.63) is 28.2 Å². The number of hydrogen-bond donors (Lipinski definition) is 3. The molecular formula is C9H10BrNO3. The Kier molecular flexibility index (Phi) is 3.49. The molecule has 0 amide bonds. The predicted molar refractivity (Wildman–Crippen MR) is 55.2 cm³/mol. The Hall–Kier alpha value is -1.07. The van der Waals surface area contributed by atoms with Crippen LogP contribution in [-0.4, -0.2) is 22.7 Å². The molecule has 0 saturated carbocycles. The number of phenols is 1. The van der Waals surface area contributed by atoms with E-state index in [2.05, 4.69) is 15.9 Å². The van der Waals surface area contributed by atoms with E-state index >= 15 is 0 Å². The molecule has 0 aromatic heterocycles. The molecule has 0 aliphatic carbocycles. The maximum absolute atomic E-state index is 10.8. The first-order valence-electron chi connectivity index (χ1n) is 3.97. The Labute approximate surface area is 89.5 Å². The summed E-state index contributed by atoms with van der Waals surface area (Å²) in [6.45, 7) is 0.0103. The summed E-state index contributed by atoms with van der Waals surface area (Å²) in [5.41, 5.74) is 5.82. The minimum Gasteiger partial charge on any atom is -0.507 e. The van der Waals surface area contributed by atoms with Gasteiger partial charge in [0.2, 0.25) is 0 Å². The number of halogens is 1. The molecule has 0 heterocycles. The van der Waals surface area contributed by atoms with E-state index in [1.54, 1.807) is 12.1 Å². The first-order chi connectivity index (χ1) is 6.56. The van der Waals surface area contributed by atoms with Crippen LogP contribution in [0.25, 0.3) is 0 Å². The Morgan fingerprint density at radius 1 is 1.57 bits per heavy atom. The molecule has 1 aromatic rings. The fraction of sp³-hybridized carbons (Fsp3) is 0.222. The number of phenolic OH excluding ortho intramolecular Hbond substituents is 1. The molecule has 1 aromatic carbocycles. The van der Waals surface area contributed by atoms with Crippen molar-refractivity contribution >= 4 is 21.9 Å². The van der Waals surface area contributed by atoms with Gasteiger partial charge in [-0.2, -0.15) is 0 Å². The monoisotopic (exact) mass is 259 g/mol. The molecule has 0 aliphatic rings. The van der Waals surface area contributed by atoms with E-state index in [9.17, 15) is 9.90 Å². The molecule has 76 valence electrons. The smallest absolute Gasteiger partial charge is 0.312 e. The third kappa shape index (κ3) is 2.24. The summed E-state index contributed by atoms with van der Waals surface area (Å²) in [4.78, 5) is 10.8. The number of rotatable bonds is 3. The van der Waals surface area contributed by atoms with Gasteiger partial charge in [-0.3, -0.25) is 4.79 Å². The van der Waals surface area contributed by atoms with Gasteiger partial charge in [0.15, 0.2) is 0 Å². The second kappa shape index (κ2) is 4.43. The van der Waals surface area contributed by atoms with Gasteiger partial charge in [-0.15, -0.1) is 0 Å². The number of carboxylic acid groups (broad SMARTS) is 1. The van der Waals surface area contributed by atoms with Crippen LogP contribution in [0.5, 0.6) is 5.75 Å². The maximum atomic E-state index is 10.8. The van der Waals surface area contributed by atoms with Crippen molar-refractivity contribution in [3.63, 3.8) is 0 Å². The van der Waals surface area contributed by atoms with Crippen molar-refractivity contribution < 1.29 is 15.0 Å². The Balaban J connectivity index is 3.06. The fourth-order valence-corrected chi connectivity index (χ4v) is 1.37. The molecule has 1 atom stereocenters. The van der Waals surface area contributed by atoms with Gasteiger partial charge in [0.05, 0.1) is 10.4 Å². The van der Waals surface area contributed by atoms with Gasteiger partial charge in [-0.1, -0.05) is 6.07 Å². The summed E-state index contributed by atoms with van der Waals surface area (Å²) < 4.78 is 0.530. The number of carbonyl (C=O) groups is 1. The molecule has 0 bridgehead atoms. The fourth-order valence-electron chi connectivity index (χ4n) is 1.13. The maximum Gasteiger partial charge on any atom is 0.312 e. The van der Waals surface area contributed by atoms with E-state index < -0.39 is 11.9 Å². The average molecular weight is 260 g/mol. The van der Waals surface area contributed by atoms with Gasteiger partial charge in [0.1, 0.15) is 5.75 Å². The lowest BCUT2D eigenvalue weighted by atomic mass is 9.99. The van der Waals surface area contributed by atoms with Crippen molar-refractivity contribution in [3.8, 4) is 5.75 Å². The van der Waals surface area contributed by atoms with Crippen LogP contribution >= 0.6 is 15.9 Å². The van der Waals surface area contributed by atoms with Gasteiger partial charge in [0, 0.05) is 6.54 Å². The Morgan fingerprint density at radius 2 is 2.21 bits per heavy atom. The summed E-state index contributed by atoms with van der Waals surface area (Å²) >= 11 is 3.11. The number of benzene rings is 1. The summed E-state index contributed by atoms with van der Waals surface area (Å²) in [6, 6.07) is 4.61. The lowest BCUT2D eigenvalue weighted by molar-refractivity contribution is -0.138. The van der Waals surface area contributed by atoms with E-state index in [4.69, 9.17) is 10.8 Å². The number of hydrogen-bond acceptors (Lipinski definition) is 3. The first-order valence-corrected chi connectivity index (χ1v) is 4.77.